The van der Waals surface area contributed by atoms with Crippen molar-refractivity contribution in [2.45, 2.75) is 70.8 Å². The molecular formula is C21H30O4. The molecule has 1 aromatic rings. The molecule has 0 spiro atoms. The van der Waals surface area contributed by atoms with Gasteiger partial charge in [0.25, 0.3) is 0 Å². The average molecular weight is 346 g/mol. The minimum absolute atomic E-state index is 0.121. The molecule has 25 heavy (non-hydrogen) atoms. The van der Waals surface area contributed by atoms with E-state index < -0.39 is 11.0 Å². The molecule has 3 atom stereocenters. The SMILES string of the molecule is COC(=O)[C@@]1(C)CCC[C@]2(C)c3cc(O)c(C(C)(C)O)cc3CC[C@@H]12. The number of methoxy groups -OCH3 is 1. The van der Waals surface area contributed by atoms with Crippen molar-refractivity contribution in [3.05, 3.63) is 28.8 Å². The van der Waals surface area contributed by atoms with Gasteiger partial charge in [-0.3, -0.25) is 4.79 Å². The van der Waals surface area contributed by atoms with Gasteiger partial charge in [-0.1, -0.05) is 13.3 Å². The molecule has 2 aliphatic rings. The zero-order valence-corrected chi connectivity index (χ0v) is 16.0. The number of ether oxygens (including phenoxy) is 1. The number of hydrogen-bond donors (Lipinski definition) is 2. The maximum absolute atomic E-state index is 12.5. The van der Waals surface area contributed by atoms with E-state index in [9.17, 15) is 15.0 Å². The number of rotatable bonds is 2. The number of esters is 1. The second-order valence-electron chi connectivity index (χ2n) is 8.86. The van der Waals surface area contributed by atoms with E-state index in [0.717, 1.165) is 37.7 Å². The summed E-state index contributed by atoms with van der Waals surface area (Å²) in [5.74, 6) is 0.212. The third-order valence-corrected chi connectivity index (χ3v) is 6.78. The fourth-order valence-electron chi connectivity index (χ4n) is 5.47. The third kappa shape index (κ3) is 2.66. The Hall–Kier alpha value is -1.55. The molecule has 2 aliphatic carbocycles. The summed E-state index contributed by atoms with van der Waals surface area (Å²) in [7, 11) is 1.47. The highest BCUT2D eigenvalue weighted by Crippen LogP contribution is 2.58. The van der Waals surface area contributed by atoms with Gasteiger partial charge in [-0.2, -0.15) is 0 Å². The highest BCUT2D eigenvalue weighted by molar-refractivity contribution is 5.77. The van der Waals surface area contributed by atoms with Crippen LogP contribution in [0.25, 0.3) is 0 Å². The Labute approximate surface area is 150 Å². The summed E-state index contributed by atoms with van der Waals surface area (Å²) in [6, 6.07) is 3.79. The normalized spacial score (nSPS) is 31.8. The van der Waals surface area contributed by atoms with Gasteiger partial charge in [0.05, 0.1) is 18.1 Å². The second kappa shape index (κ2) is 5.73. The van der Waals surface area contributed by atoms with Crippen molar-refractivity contribution in [1.29, 1.82) is 0 Å². The Morgan fingerprint density at radius 2 is 1.96 bits per heavy atom. The van der Waals surface area contributed by atoms with Crippen molar-refractivity contribution in [2.24, 2.45) is 11.3 Å². The zero-order valence-electron chi connectivity index (χ0n) is 16.0. The first-order valence-electron chi connectivity index (χ1n) is 9.21. The van der Waals surface area contributed by atoms with E-state index >= 15 is 0 Å². The quantitative estimate of drug-likeness (QED) is 0.799. The van der Waals surface area contributed by atoms with Crippen LogP contribution in [0.2, 0.25) is 0 Å². The van der Waals surface area contributed by atoms with Gasteiger partial charge in [0.1, 0.15) is 5.75 Å². The topological polar surface area (TPSA) is 66.8 Å². The number of carbonyl (C=O) groups excluding carboxylic acids is 1. The van der Waals surface area contributed by atoms with Gasteiger partial charge >= 0.3 is 5.97 Å². The monoisotopic (exact) mass is 346 g/mol. The molecule has 2 N–H and O–H groups in total. The lowest BCUT2D eigenvalue weighted by atomic mass is 9.49. The van der Waals surface area contributed by atoms with Crippen LogP contribution < -0.4 is 0 Å². The van der Waals surface area contributed by atoms with Crippen molar-refractivity contribution >= 4 is 5.97 Å². The van der Waals surface area contributed by atoms with Crippen molar-refractivity contribution in [1.82, 2.24) is 0 Å². The lowest BCUT2D eigenvalue weighted by Gasteiger charge is -2.54. The lowest BCUT2D eigenvalue weighted by Crippen LogP contribution is -2.52. The van der Waals surface area contributed by atoms with E-state index in [-0.39, 0.29) is 23.1 Å². The molecule has 1 aromatic carbocycles. The Morgan fingerprint density at radius 3 is 2.56 bits per heavy atom. The third-order valence-electron chi connectivity index (χ3n) is 6.78. The standard InChI is InChI=1S/C21H30O4/c1-19(2,24)15-11-13-7-8-17-20(3,14(13)12-16(15)22)9-6-10-21(17,4)18(23)25-5/h11-12,17,22,24H,6-10H2,1-5H3/t17-,20-,21+/m1/s1. The molecule has 1 saturated carbocycles. The van der Waals surface area contributed by atoms with E-state index in [4.69, 9.17) is 4.74 Å². The van der Waals surface area contributed by atoms with Crippen LogP contribution in [-0.4, -0.2) is 23.3 Å². The number of phenolic OH excluding ortho intramolecular Hbond substituents is 1. The minimum atomic E-state index is -1.08. The van der Waals surface area contributed by atoms with Gasteiger partial charge < -0.3 is 14.9 Å². The summed E-state index contributed by atoms with van der Waals surface area (Å²) in [6.07, 6.45) is 4.59. The van der Waals surface area contributed by atoms with E-state index in [0.29, 0.717) is 5.56 Å². The number of carbonyl (C=O) groups is 1. The smallest absolute Gasteiger partial charge is 0.311 e. The van der Waals surface area contributed by atoms with Crippen LogP contribution in [0.15, 0.2) is 12.1 Å². The molecule has 4 nitrogen and oxygen atoms in total. The molecule has 138 valence electrons. The first-order valence-corrected chi connectivity index (χ1v) is 9.21. The molecule has 1 fully saturated rings. The minimum Gasteiger partial charge on any atom is -0.508 e. The first-order chi connectivity index (χ1) is 11.5. The number of aryl methyl sites for hydroxylation is 1. The van der Waals surface area contributed by atoms with Crippen molar-refractivity contribution in [3.8, 4) is 5.75 Å². The van der Waals surface area contributed by atoms with E-state index in [2.05, 4.69) is 6.92 Å². The molecule has 0 aromatic heterocycles. The van der Waals surface area contributed by atoms with Crippen LogP contribution in [0.5, 0.6) is 5.75 Å². The molecule has 0 aliphatic heterocycles. The van der Waals surface area contributed by atoms with E-state index in [1.807, 2.05) is 19.1 Å². The van der Waals surface area contributed by atoms with Crippen LogP contribution in [0.4, 0.5) is 0 Å². The number of fused-ring (bicyclic) bond motifs is 3. The Bertz CT molecular complexity index is 703. The van der Waals surface area contributed by atoms with Crippen LogP contribution in [0.3, 0.4) is 0 Å². The fraction of sp³-hybridized carbons (Fsp3) is 0.667. The summed E-state index contributed by atoms with van der Waals surface area (Å²) < 4.78 is 5.14. The average Bonchev–Trinajstić information content (AvgIpc) is 2.53. The van der Waals surface area contributed by atoms with Crippen molar-refractivity contribution in [3.63, 3.8) is 0 Å². The van der Waals surface area contributed by atoms with Crippen LogP contribution >= 0.6 is 0 Å². The predicted molar refractivity (Wildman–Crippen MR) is 96.5 cm³/mol. The van der Waals surface area contributed by atoms with Gasteiger partial charge in [0.15, 0.2) is 0 Å². The number of phenols is 1. The van der Waals surface area contributed by atoms with Crippen LogP contribution in [-0.2, 0) is 27.0 Å². The molecule has 0 saturated heterocycles. The van der Waals surface area contributed by atoms with E-state index in [1.165, 1.54) is 12.7 Å². The largest absolute Gasteiger partial charge is 0.508 e. The Balaban J connectivity index is 2.12. The van der Waals surface area contributed by atoms with Gasteiger partial charge in [-0.25, -0.2) is 0 Å². The number of aromatic hydroxyl groups is 1. The molecule has 0 radical (unpaired) electrons. The highest BCUT2D eigenvalue weighted by atomic mass is 16.5. The molecule has 0 bridgehead atoms. The summed E-state index contributed by atoms with van der Waals surface area (Å²) in [5.41, 5.74) is 1.16. The highest BCUT2D eigenvalue weighted by Gasteiger charge is 2.55. The van der Waals surface area contributed by atoms with Crippen LogP contribution in [0, 0.1) is 11.3 Å². The number of hydrogen-bond acceptors (Lipinski definition) is 4. The molecule has 4 heteroatoms. The fourth-order valence-corrected chi connectivity index (χ4v) is 5.47. The molecule has 0 amide bonds. The van der Waals surface area contributed by atoms with Gasteiger partial charge in [-0.15, -0.1) is 0 Å². The summed E-state index contributed by atoms with van der Waals surface area (Å²) in [4.78, 5) is 12.5. The molecular weight excluding hydrogens is 316 g/mol. The Morgan fingerprint density at radius 1 is 1.28 bits per heavy atom. The molecule has 3 rings (SSSR count). The lowest BCUT2D eigenvalue weighted by molar-refractivity contribution is -0.161. The van der Waals surface area contributed by atoms with Crippen LogP contribution in [0.1, 0.15) is 70.1 Å². The summed E-state index contributed by atoms with van der Waals surface area (Å²) in [6.45, 7) is 7.64. The zero-order chi connectivity index (χ0) is 18.6. The van der Waals surface area contributed by atoms with Gasteiger partial charge in [0, 0.05) is 5.56 Å². The Kier molecular flexibility index (Phi) is 4.18. The number of aliphatic hydroxyl groups is 1. The maximum atomic E-state index is 12.5. The van der Waals surface area contributed by atoms with Crippen molar-refractivity contribution < 1.29 is 19.7 Å². The summed E-state index contributed by atoms with van der Waals surface area (Å²) >= 11 is 0. The van der Waals surface area contributed by atoms with Gasteiger partial charge in [0.2, 0.25) is 0 Å². The summed E-state index contributed by atoms with van der Waals surface area (Å²) in [5, 5.41) is 20.9. The first kappa shape index (κ1) is 18.2. The molecule has 0 heterocycles. The van der Waals surface area contributed by atoms with Crippen molar-refractivity contribution in [2.75, 3.05) is 7.11 Å². The van der Waals surface area contributed by atoms with E-state index in [1.54, 1.807) is 13.8 Å². The molecule has 0 unspecified atom stereocenters. The predicted octanol–water partition coefficient (Wildman–Crippen LogP) is 3.80. The second-order valence-corrected chi connectivity index (χ2v) is 8.86. The maximum Gasteiger partial charge on any atom is 0.311 e. The number of benzene rings is 1. The van der Waals surface area contributed by atoms with Gasteiger partial charge in [-0.05, 0) is 81.0 Å².